The lowest BCUT2D eigenvalue weighted by Gasteiger charge is -2.11. The number of rotatable bonds is 6. The summed E-state index contributed by atoms with van der Waals surface area (Å²) in [5.74, 6) is -0.217. The third-order valence-electron chi connectivity index (χ3n) is 3.04. The summed E-state index contributed by atoms with van der Waals surface area (Å²) in [7, 11) is -1.07. The van der Waals surface area contributed by atoms with E-state index in [0.717, 1.165) is 4.88 Å². The Labute approximate surface area is 143 Å². The molecular formula is C14H15ClN2O4S2. The highest BCUT2D eigenvalue weighted by atomic mass is 35.5. The monoisotopic (exact) mass is 374 g/mol. The van der Waals surface area contributed by atoms with Crippen LogP contribution in [-0.4, -0.2) is 28.5 Å². The molecule has 0 aliphatic rings. The maximum atomic E-state index is 12.2. The van der Waals surface area contributed by atoms with Gasteiger partial charge in [0.1, 0.15) is 10.6 Å². The van der Waals surface area contributed by atoms with Gasteiger partial charge in [-0.05, 0) is 37.4 Å². The molecule has 1 amide bonds. The molecule has 1 aromatic heterocycles. The molecule has 124 valence electrons. The molecule has 0 spiro atoms. The number of benzene rings is 1. The van der Waals surface area contributed by atoms with Gasteiger partial charge in [-0.15, -0.1) is 11.3 Å². The van der Waals surface area contributed by atoms with Crippen LogP contribution in [0.25, 0.3) is 0 Å². The summed E-state index contributed by atoms with van der Waals surface area (Å²) in [4.78, 5) is 13.0. The molecule has 0 aliphatic carbocycles. The quantitative estimate of drug-likeness (QED) is 0.812. The third kappa shape index (κ3) is 4.23. The molecule has 0 unspecified atom stereocenters. The van der Waals surface area contributed by atoms with Crippen molar-refractivity contribution in [2.24, 2.45) is 0 Å². The number of methoxy groups -OCH3 is 1. The van der Waals surface area contributed by atoms with Crippen molar-refractivity contribution in [3.63, 3.8) is 0 Å². The first-order valence-electron chi connectivity index (χ1n) is 6.51. The molecule has 2 rings (SSSR count). The zero-order valence-electron chi connectivity index (χ0n) is 12.4. The Bertz CT molecular complexity index is 818. The van der Waals surface area contributed by atoms with Crippen LogP contribution < -0.4 is 14.8 Å². The number of halogens is 1. The van der Waals surface area contributed by atoms with Gasteiger partial charge in [0.05, 0.1) is 18.0 Å². The molecule has 2 N–H and O–H groups in total. The maximum Gasteiger partial charge on any atom is 0.251 e. The van der Waals surface area contributed by atoms with Crippen molar-refractivity contribution in [1.82, 2.24) is 10.0 Å². The molecule has 0 bridgehead atoms. The Kier molecular flexibility index (Phi) is 5.64. The normalized spacial score (nSPS) is 11.3. The SMILES string of the molecule is CNS(=O)(=O)c1cc(C(=O)NCc2ccc(Cl)s2)ccc1OC. The number of sulfonamides is 1. The third-order valence-corrected chi connectivity index (χ3v) is 5.70. The van der Waals surface area contributed by atoms with Gasteiger partial charge in [0.15, 0.2) is 0 Å². The van der Waals surface area contributed by atoms with Crippen molar-refractivity contribution in [3.05, 3.63) is 45.1 Å². The van der Waals surface area contributed by atoms with Gasteiger partial charge in [0.2, 0.25) is 10.0 Å². The van der Waals surface area contributed by atoms with Crippen molar-refractivity contribution in [2.75, 3.05) is 14.2 Å². The van der Waals surface area contributed by atoms with Crippen LogP contribution in [0.15, 0.2) is 35.2 Å². The second-order valence-electron chi connectivity index (χ2n) is 4.46. The Balaban J connectivity index is 2.22. The van der Waals surface area contributed by atoms with Crippen LogP contribution in [0.3, 0.4) is 0 Å². The second-order valence-corrected chi connectivity index (χ2v) is 8.12. The van der Waals surface area contributed by atoms with Gasteiger partial charge in [-0.25, -0.2) is 13.1 Å². The van der Waals surface area contributed by atoms with E-state index in [1.165, 1.54) is 43.7 Å². The van der Waals surface area contributed by atoms with Crippen molar-refractivity contribution in [1.29, 1.82) is 0 Å². The lowest BCUT2D eigenvalue weighted by molar-refractivity contribution is 0.0951. The molecule has 23 heavy (non-hydrogen) atoms. The average molecular weight is 375 g/mol. The van der Waals surface area contributed by atoms with Crippen molar-refractivity contribution < 1.29 is 17.9 Å². The van der Waals surface area contributed by atoms with Crippen LogP contribution in [0.2, 0.25) is 4.34 Å². The molecule has 0 saturated heterocycles. The summed E-state index contributed by atoms with van der Waals surface area (Å²) in [6, 6.07) is 7.80. The van der Waals surface area contributed by atoms with Crippen LogP contribution >= 0.6 is 22.9 Å². The highest BCUT2D eigenvalue weighted by Crippen LogP contribution is 2.25. The second kappa shape index (κ2) is 7.31. The smallest absolute Gasteiger partial charge is 0.251 e. The minimum absolute atomic E-state index is 0.0886. The lowest BCUT2D eigenvalue weighted by atomic mass is 10.2. The van der Waals surface area contributed by atoms with Crippen LogP contribution in [0.4, 0.5) is 0 Å². The van der Waals surface area contributed by atoms with E-state index in [1.54, 1.807) is 6.07 Å². The molecule has 0 atom stereocenters. The molecule has 2 aromatic rings. The molecule has 1 heterocycles. The van der Waals surface area contributed by atoms with E-state index in [9.17, 15) is 13.2 Å². The summed E-state index contributed by atoms with van der Waals surface area (Å²) in [5, 5.41) is 2.72. The number of carbonyl (C=O) groups is 1. The summed E-state index contributed by atoms with van der Waals surface area (Å²) >= 11 is 7.20. The largest absolute Gasteiger partial charge is 0.495 e. The van der Waals surface area contributed by atoms with Gasteiger partial charge in [0, 0.05) is 10.4 Å². The number of amides is 1. The highest BCUT2D eigenvalue weighted by Gasteiger charge is 2.20. The number of carbonyl (C=O) groups excluding carboxylic acids is 1. The summed E-state index contributed by atoms with van der Waals surface area (Å²) in [5.41, 5.74) is 0.224. The van der Waals surface area contributed by atoms with E-state index in [-0.39, 0.29) is 22.1 Å². The van der Waals surface area contributed by atoms with Crippen LogP contribution in [0.5, 0.6) is 5.75 Å². The van der Waals surface area contributed by atoms with Gasteiger partial charge in [-0.3, -0.25) is 4.79 Å². The van der Waals surface area contributed by atoms with Crippen LogP contribution in [0, 0.1) is 0 Å². The van der Waals surface area contributed by atoms with Crippen LogP contribution in [-0.2, 0) is 16.6 Å². The van der Waals surface area contributed by atoms with Gasteiger partial charge in [0.25, 0.3) is 5.91 Å². The molecular weight excluding hydrogens is 360 g/mol. The first-order valence-corrected chi connectivity index (χ1v) is 9.19. The molecule has 0 aliphatic heterocycles. The zero-order chi connectivity index (χ0) is 17.0. The topological polar surface area (TPSA) is 84.5 Å². The fraction of sp³-hybridized carbons (Fsp3) is 0.214. The van der Waals surface area contributed by atoms with E-state index in [0.29, 0.717) is 10.9 Å². The van der Waals surface area contributed by atoms with E-state index >= 15 is 0 Å². The van der Waals surface area contributed by atoms with Crippen molar-refractivity contribution in [2.45, 2.75) is 11.4 Å². The zero-order valence-corrected chi connectivity index (χ0v) is 14.8. The summed E-state index contributed by atoms with van der Waals surface area (Å²) in [6.07, 6.45) is 0. The number of ether oxygens (including phenoxy) is 1. The Morgan fingerprint density at radius 2 is 2.04 bits per heavy atom. The number of nitrogens with one attached hydrogen (secondary N) is 2. The highest BCUT2D eigenvalue weighted by molar-refractivity contribution is 7.89. The predicted molar refractivity (Wildman–Crippen MR) is 89.7 cm³/mol. The number of hydrogen-bond acceptors (Lipinski definition) is 5. The lowest BCUT2D eigenvalue weighted by Crippen LogP contribution is -2.24. The van der Waals surface area contributed by atoms with E-state index < -0.39 is 10.0 Å². The molecule has 0 saturated carbocycles. The molecule has 0 fully saturated rings. The first-order chi connectivity index (χ1) is 10.9. The molecule has 9 heteroatoms. The Morgan fingerprint density at radius 1 is 1.30 bits per heavy atom. The Hall–Kier alpha value is -1.61. The number of hydrogen-bond donors (Lipinski definition) is 2. The Morgan fingerprint density at radius 3 is 2.61 bits per heavy atom. The van der Waals surface area contributed by atoms with Gasteiger partial charge < -0.3 is 10.1 Å². The minimum atomic E-state index is -3.73. The standard InChI is InChI=1S/C14H15ClN2O4S2/c1-16-23(19,20)12-7-9(3-5-11(12)21-2)14(18)17-8-10-4-6-13(15)22-10/h3-7,16H,8H2,1-2H3,(H,17,18). The summed E-state index contributed by atoms with van der Waals surface area (Å²) < 4.78 is 31.9. The average Bonchev–Trinajstić information content (AvgIpc) is 2.97. The first kappa shape index (κ1) is 17.7. The molecule has 6 nitrogen and oxygen atoms in total. The van der Waals surface area contributed by atoms with E-state index in [1.807, 2.05) is 6.07 Å². The van der Waals surface area contributed by atoms with Crippen molar-refractivity contribution in [3.8, 4) is 5.75 Å². The maximum absolute atomic E-state index is 12.2. The fourth-order valence-corrected chi connectivity index (χ4v) is 3.80. The van der Waals surface area contributed by atoms with E-state index in [4.69, 9.17) is 16.3 Å². The van der Waals surface area contributed by atoms with Crippen molar-refractivity contribution >= 4 is 38.9 Å². The van der Waals surface area contributed by atoms with Gasteiger partial charge >= 0.3 is 0 Å². The van der Waals surface area contributed by atoms with Gasteiger partial charge in [-0.2, -0.15) is 0 Å². The predicted octanol–water partition coefficient (Wildman–Crippen LogP) is 2.25. The number of thiophene rings is 1. The van der Waals surface area contributed by atoms with E-state index in [2.05, 4.69) is 10.0 Å². The fourth-order valence-electron chi connectivity index (χ4n) is 1.85. The molecule has 0 radical (unpaired) electrons. The summed E-state index contributed by atoms with van der Waals surface area (Å²) in [6.45, 7) is 0.316. The van der Waals surface area contributed by atoms with Crippen LogP contribution in [0.1, 0.15) is 15.2 Å². The molecule has 1 aromatic carbocycles. The van der Waals surface area contributed by atoms with Gasteiger partial charge in [-0.1, -0.05) is 11.6 Å². The minimum Gasteiger partial charge on any atom is -0.495 e.